The summed E-state index contributed by atoms with van der Waals surface area (Å²) in [6.07, 6.45) is 2.09. The standard InChI is InChI=1S/C32H38N4O3S/c1-21(2)24-10-12-25(13-11-24)30-29(31(38)39-4)22(3)33-32-36(30)27(20-40-32)18-28(37)34-26-14-16-35(17-15-26)19-23-8-6-5-7-9-23/h5-13,20-21,26,30H,14-19H2,1-4H3,(H,34,37)/t30-/m1/s1. The lowest BCUT2D eigenvalue weighted by Gasteiger charge is -2.36. The molecule has 1 saturated heterocycles. The van der Waals surface area contributed by atoms with Gasteiger partial charge in [-0.2, -0.15) is 0 Å². The first kappa shape index (κ1) is 28.2. The number of carbonyl (C=O) groups excluding carboxylic acids is 2. The summed E-state index contributed by atoms with van der Waals surface area (Å²) < 4.78 is 5.18. The van der Waals surface area contributed by atoms with E-state index < -0.39 is 12.0 Å². The normalized spacial score (nSPS) is 19.8. The number of benzene rings is 2. The molecule has 8 heteroatoms. The second kappa shape index (κ2) is 12.4. The van der Waals surface area contributed by atoms with E-state index in [0.29, 0.717) is 17.2 Å². The fourth-order valence-electron chi connectivity index (χ4n) is 5.64. The number of hydrogen-bond donors (Lipinski definition) is 1. The Morgan fingerprint density at radius 3 is 2.42 bits per heavy atom. The Bertz CT molecular complexity index is 1330. The monoisotopic (exact) mass is 558 g/mol. The minimum Gasteiger partial charge on any atom is -0.466 e. The number of likely N-dealkylation sites (tertiary alicyclic amines) is 1. The van der Waals surface area contributed by atoms with Crippen molar-refractivity contribution in [2.24, 2.45) is 4.99 Å². The fraction of sp³-hybridized carbons (Fsp3) is 0.406. The summed E-state index contributed by atoms with van der Waals surface area (Å²) in [6, 6.07) is 18.6. The maximum atomic E-state index is 13.3. The molecular weight excluding hydrogens is 520 g/mol. The Labute approximate surface area is 241 Å². The van der Waals surface area contributed by atoms with Crippen molar-refractivity contribution in [3.05, 3.63) is 93.7 Å². The summed E-state index contributed by atoms with van der Waals surface area (Å²) in [6.45, 7) is 9.03. The molecule has 0 spiro atoms. The molecule has 1 amide bonds. The Morgan fingerprint density at radius 2 is 1.77 bits per heavy atom. The average molecular weight is 559 g/mol. The number of amides is 1. The zero-order valence-corrected chi connectivity index (χ0v) is 24.5. The molecule has 3 aliphatic heterocycles. The number of aliphatic imine (C=N–C) groups is 1. The molecule has 0 aromatic heterocycles. The third kappa shape index (κ3) is 6.18. The van der Waals surface area contributed by atoms with Crippen LogP contribution in [-0.4, -0.2) is 53.1 Å². The number of thioether (sulfide) groups is 1. The van der Waals surface area contributed by atoms with Crippen LogP contribution in [0.2, 0.25) is 0 Å². The second-order valence-corrected chi connectivity index (χ2v) is 11.8. The molecule has 1 fully saturated rings. The van der Waals surface area contributed by atoms with E-state index in [1.165, 1.54) is 30.0 Å². The summed E-state index contributed by atoms with van der Waals surface area (Å²) in [4.78, 5) is 35.5. The summed E-state index contributed by atoms with van der Waals surface area (Å²) in [7, 11) is 1.40. The van der Waals surface area contributed by atoms with Crippen molar-refractivity contribution in [2.75, 3.05) is 20.2 Å². The van der Waals surface area contributed by atoms with Crippen LogP contribution in [0.15, 0.2) is 82.0 Å². The zero-order valence-electron chi connectivity index (χ0n) is 23.7. The maximum Gasteiger partial charge on any atom is 0.338 e. The molecule has 2 aromatic carbocycles. The first-order chi connectivity index (χ1) is 19.3. The molecular formula is C32H38N4O3S. The number of esters is 1. The van der Waals surface area contributed by atoms with Gasteiger partial charge in [-0.05, 0) is 47.8 Å². The number of nitrogens with zero attached hydrogens (tertiary/aromatic N) is 3. The Balaban J connectivity index is 1.27. The summed E-state index contributed by atoms with van der Waals surface area (Å²) in [5.41, 5.74) is 5.51. The van der Waals surface area contributed by atoms with Gasteiger partial charge in [0.15, 0.2) is 5.17 Å². The third-order valence-corrected chi connectivity index (χ3v) is 8.76. The summed E-state index contributed by atoms with van der Waals surface area (Å²) in [5, 5.41) is 6.04. The molecule has 2 aromatic rings. The van der Waals surface area contributed by atoms with Crippen molar-refractivity contribution < 1.29 is 14.3 Å². The van der Waals surface area contributed by atoms with Gasteiger partial charge in [-0.3, -0.25) is 9.69 Å². The first-order valence-electron chi connectivity index (χ1n) is 14.0. The smallest absolute Gasteiger partial charge is 0.338 e. The largest absolute Gasteiger partial charge is 0.466 e. The van der Waals surface area contributed by atoms with Crippen molar-refractivity contribution in [3.8, 4) is 0 Å². The van der Waals surface area contributed by atoms with Crippen LogP contribution < -0.4 is 5.32 Å². The number of nitrogens with one attached hydrogen (secondary N) is 1. The predicted molar refractivity (Wildman–Crippen MR) is 160 cm³/mol. The van der Waals surface area contributed by atoms with Gasteiger partial charge in [-0.15, -0.1) is 0 Å². The number of carbonyl (C=O) groups is 2. The maximum absolute atomic E-state index is 13.3. The van der Waals surface area contributed by atoms with Crippen molar-refractivity contribution in [1.29, 1.82) is 0 Å². The summed E-state index contributed by atoms with van der Waals surface area (Å²) >= 11 is 1.50. The SMILES string of the molecule is COC(=O)C1=C(C)N=C2SC=C(CC(=O)NC3CCN(Cc4ccccc4)CC3)N2[C@@H]1c1ccc(C(C)C)cc1. The van der Waals surface area contributed by atoms with Crippen LogP contribution in [0.25, 0.3) is 0 Å². The van der Waals surface area contributed by atoms with E-state index in [0.717, 1.165) is 48.9 Å². The van der Waals surface area contributed by atoms with Gasteiger partial charge in [0.05, 0.1) is 30.8 Å². The van der Waals surface area contributed by atoms with E-state index in [2.05, 4.69) is 72.6 Å². The van der Waals surface area contributed by atoms with Crippen molar-refractivity contribution in [1.82, 2.24) is 15.1 Å². The van der Waals surface area contributed by atoms with Gasteiger partial charge in [0.1, 0.15) is 0 Å². The van der Waals surface area contributed by atoms with E-state index in [4.69, 9.17) is 9.73 Å². The number of amidine groups is 1. The number of hydrogen-bond acceptors (Lipinski definition) is 7. The van der Waals surface area contributed by atoms with Crippen molar-refractivity contribution in [3.63, 3.8) is 0 Å². The minimum atomic E-state index is -0.406. The molecule has 1 N–H and O–H groups in total. The van der Waals surface area contributed by atoms with Gasteiger partial charge in [0.25, 0.3) is 0 Å². The van der Waals surface area contributed by atoms with Crippen LogP contribution in [0.5, 0.6) is 0 Å². The van der Waals surface area contributed by atoms with Crippen LogP contribution in [-0.2, 0) is 20.9 Å². The van der Waals surface area contributed by atoms with Crippen LogP contribution in [0, 0.1) is 0 Å². The Hall–Kier alpha value is -3.36. The quantitative estimate of drug-likeness (QED) is 0.417. The number of fused-ring (bicyclic) bond motifs is 1. The number of rotatable bonds is 8. The first-order valence-corrected chi connectivity index (χ1v) is 14.9. The number of piperidine rings is 1. The van der Waals surface area contributed by atoms with Crippen LogP contribution in [0.4, 0.5) is 0 Å². The average Bonchev–Trinajstić information content (AvgIpc) is 3.35. The van der Waals surface area contributed by atoms with Gasteiger partial charge in [0, 0.05) is 31.4 Å². The number of methoxy groups -OCH3 is 1. The van der Waals surface area contributed by atoms with E-state index >= 15 is 0 Å². The molecule has 0 unspecified atom stereocenters. The van der Waals surface area contributed by atoms with Gasteiger partial charge in [-0.25, -0.2) is 9.79 Å². The highest BCUT2D eigenvalue weighted by Gasteiger charge is 2.41. The minimum absolute atomic E-state index is 0.00518. The summed E-state index contributed by atoms with van der Waals surface area (Å²) in [5.74, 6) is -0.00260. The molecule has 40 heavy (non-hydrogen) atoms. The van der Waals surface area contributed by atoms with Crippen molar-refractivity contribution in [2.45, 2.75) is 64.6 Å². The Morgan fingerprint density at radius 1 is 1.07 bits per heavy atom. The molecule has 7 nitrogen and oxygen atoms in total. The number of ether oxygens (including phenoxy) is 1. The van der Waals surface area contributed by atoms with E-state index in [9.17, 15) is 9.59 Å². The molecule has 3 aliphatic rings. The lowest BCUT2D eigenvalue weighted by atomic mass is 9.92. The topological polar surface area (TPSA) is 74.2 Å². The lowest BCUT2D eigenvalue weighted by Crippen LogP contribution is -2.45. The van der Waals surface area contributed by atoms with Crippen molar-refractivity contribution >= 4 is 28.8 Å². The highest BCUT2D eigenvalue weighted by Crippen LogP contribution is 2.45. The molecule has 0 aliphatic carbocycles. The highest BCUT2D eigenvalue weighted by molar-refractivity contribution is 8.16. The fourth-order valence-corrected chi connectivity index (χ4v) is 6.60. The van der Waals surface area contributed by atoms with Gasteiger partial charge in [0.2, 0.25) is 5.91 Å². The van der Waals surface area contributed by atoms with Gasteiger partial charge < -0.3 is 15.0 Å². The molecule has 1 atom stereocenters. The number of allylic oxidation sites excluding steroid dienone is 1. The lowest BCUT2D eigenvalue weighted by molar-refractivity contribution is -0.136. The van der Waals surface area contributed by atoms with E-state index in [-0.39, 0.29) is 18.4 Å². The van der Waals surface area contributed by atoms with Crippen LogP contribution in [0.3, 0.4) is 0 Å². The predicted octanol–water partition coefficient (Wildman–Crippen LogP) is 5.73. The molecule has 0 saturated carbocycles. The molecule has 3 heterocycles. The van der Waals surface area contributed by atoms with Gasteiger partial charge >= 0.3 is 5.97 Å². The Kier molecular flexibility index (Phi) is 8.76. The zero-order chi connectivity index (χ0) is 28.2. The molecule has 210 valence electrons. The molecule has 0 radical (unpaired) electrons. The molecule has 0 bridgehead atoms. The molecule has 5 rings (SSSR count). The second-order valence-electron chi connectivity index (χ2n) is 11.0. The van der Waals surface area contributed by atoms with Crippen LogP contribution >= 0.6 is 11.8 Å². The highest BCUT2D eigenvalue weighted by atomic mass is 32.2. The third-order valence-electron chi connectivity index (χ3n) is 7.87. The van der Waals surface area contributed by atoms with E-state index in [1.807, 2.05) is 23.3 Å². The van der Waals surface area contributed by atoms with Crippen LogP contribution in [0.1, 0.15) is 68.7 Å². The van der Waals surface area contributed by atoms with Gasteiger partial charge in [-0.1, -0.05) is 80.2 Å². The van der Waals surface area contributed by atoms with E-state index in [1.54, 1.807) is 0 Å².